The summed E-state index contributed by atoms with van der Waals surface area (Å²) >= 11 is 8.21. The summed E-state index contributed by atoms with van der Waals surface area (Å²) in [5.41, 5.74) is 2.87. The summed E-state index contributed by atoms with van der Waals surface area (Å²) in [7, 11) is 0. The predicted molar refractivity (Wildman–Crippen MR) is 89.2 cm³/mol. The molecular weight excluding hydrogens is 311 g/mol. The van der Waals surface area contributed by atoms with Crippen molar-refractivity contribution in [2.24, 2.45) is 0 Å². The van der Waals surface area contributed by atoms with Crippen molar-refractivity contribution in [1.82, 2.24) is 5.32 Å². The van der Waals surface area contributed by atoms with E-state index in [2.05, 4.69) is 17.5 Å². The van der Waals surface area contributed by atoms with E-state index in [1.165, 1.54) is 16.0 Å². The van der Waals surface area contributed by atoms with Crippen LogP contribution < -0.4 is 5.32 Å². The summed E-state index contributed by atoms with van der Waals surface area (Å²) < 4.78 is 0. The van der Waals surface area contributed by atoms with E-state index in [-0.39, 0.29) is 12.4 Å². The van der Waals surface area contributed by atoms with Crippen LogP contribution in [0, 0.1) is 11.3 Å². The molecule has 0 saturated heterocycles. The Balaban J connectivity index is 0.00000200. The Morgan fingerprint density at radius 1 is 1.25 bits per heavy atom. The van der Waals surface area contributed by atoms with Gasteiger partial charge in [0.05, 0.1) is 11.1 Å². The van der Waals surface area contributed by atoms with Gasteiger partial charge in [0, 0.05) is 11.3 Å². The third kappa shape index (κ3) is 4.86. The lowest BCUT2D eigenvalue weighted by Gasteiger charge is -2.13. The van der Waals surface area contributed by atoms with E-state index >= 15 is 0 Å². The molecule has 2 rings (SSSR count). The molecule has 1 aliphatic rings. The van der Waals surface area contributed by atoms with Crippen LogP contribution in [0.1, 0.15) is 30.4 Å². The number of nitrogens with zero attached hydrogens (tertiary/aromatic N) is 1. The molecule has 0 atom stereocenters. The van der Waals surface area contributed by atoms with Gasteiger partial charge < -0.3 is 5.32 Å². The zero-order chi connectivity index (χ0) is 13.5. The van der Waals surface area contributed by atoms with Gasteiger partial charge in [-0.3, -0.25) is 0 Å². The molecule has 0 amide bonds. The molecule has 2 nitrogen and oxygen atoms in total. The second-order valence-corrected chi connectivity index (χ2v) is 6.24. The van der Waals surface area contributed by atoms with Crippen molar-refractivity contribution in [3.63, 3.8) is 0 Å². The van der Waals surface area contributed by atoms with E-state index in [1.807, 2.05) is 17.8 Å². The van der Waals surface area contributed by atoms with Crippen LogP contribution >= 0.6 is 35.8 Å². The average Bonchev–Trinajstić information content (AvgIpc) is 2.66. The minimum absolute atomic E-state index is 0. The van der Waals surface area contributed by atoms with Crippen LogP contribution in [-0.2, 0) is 12.8 Å². The van der Waals surface area contributed by atoms with Crippen molar-refractivity contribution in [2.75, 3.05) is 18.8 Å². The van der Waals surface area contributed by atoms with Gasteiger partial charge in [0.1, 0.15) is 0 Å². The van der Waals surface area contributed by atoms with Gasteiger partial charge in [-0.2, -0.15) is 5.26 Å². The van der Waals surface area contributed by atoms with Gasteiger partial charge in [0.2, 0.25) is 0 Å². The predicted octanol–water partition coefficient (Wildman–Crippen LogP) is 4.24. The lowest BCUT2D eigenvalue weighted by Crippen LogP contribution is -2.16. The summed E-state index contributed by atoms with van der Waals surface area (Å²) in [6.07, 6.45) is 4.88. The van der Waals surface area contributed by atoms with Gasteiger partial charge in [-0.05, 0) is 61.7 Å². The number of benzene rings is 1. The molecule has 0 unspecified atom stereocenters. The molecule has 1 N–H and O–H groups in total. The number of nitrogens with one attached hydrogen (secondary N) is 1. The van der Waals surface area contributed by atoms with Crippen LogP contribution in [0.4, 0.5) is 0 Å². The largest absolute Gasteiger partial charge is 0.316 e. The monoisotopic (exact) mass is 330 g/mol. The van der Waals surface area contributed by atoms with Crippen molar-refractivity contribution in [3.05, 3.63) is 28.3 Å². The molecule has 1 heterocycles. The first-order valence-electron chi connectivity index (χ1n) is 6.83. The molecular formula is C15H20Cl2N2S. The molecule has 1 aromatic rings. The third-order valence-corrected chi connectivity index (χ3v) is 5.04. The Morgan fingerprint density at radius 2 is 2.05 bits per heavy atom. The summed E-state index contributed by atoms with van der Waals surface area (Å²) in [5.74, 6) is 1.05. The number of rotatable bonds is 5. The first-order valence-corrected chi connectivity index (χ1v) is 8.20. The molecule has 0 aromatic heterocycles. The molecule has 0 radical (unpaired) electrons. The van der Waals surface area contributed by atoms with Crippen LogP contribution in [-0.4, -0.2) is 18.8 Å². The van der Waals surface area contributed by atoms with E-state index in [0.29, 0.717) is 6.42 Å². The highest BCUT2D eigenvalue weighted by Crippen LogP contribution is 2.34. The van der Waals surface area contributed by atoms with Crippen molar-refractivity contribution < 1.29 is 0 Å². The van der Waals surface area contributed by atoms with Crippen molar-refractivity contribution in [3.8, 4) is 6.07 Å². The van der Waals surface area contributed by atoms with Gasteiger partial charge in [-0.15, -0.1) is 24.2 Å². The highest BCUT2D eigenvalue weighted by atomic mass is 35.5. The maximum atomic E-state index is 8.53. The van der Waals surface area contributed by atoms with Gasteiger partial charge in [-0.1, -0.05) is 17.7 Å². The van der Waals surface area contributed by atoms with Gasteiger partial charge in [0.15, 0.2) is 0 Å². The molecule has 0 fully saturated rings. The van der Waals surface area contributed by atoms with E-state index < -0.39 is 0 Å². The van der Waals surface area contributed by atoms with E-state index in [9.17, 15) is 0 Å². The molecule has 1 aromatic carbocycles. The smallest absolute Gasteiger partial charge is 0.0621 e. The highest BCUT2D eigenvalue weighted by Gasteiger charge is 2.14. The molecule has 1 aliphatic heterocycles. The summed E-state index contributed by atoms with van der Waals surface area (Å²) in [5, 5.41) is 12.8. The fraction of sp³-hybridized carbons (Fsp3) is 0.533. The first kappa shape index (κ1) is 17.7. The second-order valence-electron chi connectivity index (χ2n) is 4.73. The number of fused-ring (bicyclic) bond motifs is 1. The molecule has 110 valence electrons. The Morgan fingerprint density at radius 3 is 2.85 bits per heavy atom. The molecule has 20 heavy (non-hydrogen) atoms. The number of unbranched alkanes of at least 4 members (excludes halogenated alkanes) is 2. The SMILES string of the molecule is Cl.N#CCCCCSc1c(Cl)ccc2c1CCNCC2. The Hall–Kier alpha value is -0.400. The molecule has 5 heteroatoms. The minimum Gasteiger partial charge on any atom is -0.316 e. The molecule has 0 aliphatic carbocycles. The number of hydrogen-bond acceptors (Lipinski definition) is 3. The second kappa shape index (κ2) is 9.52. The van der Waals surface area contributed by atoms with Crippen LogP contribution in [0.15, 0.2) is 17.0 Å². The topological polar surface area (TPSA) is 35.8 Å². The fourth-order valence-electron chi connectivity index (χ4n) is 2.35. The van der Waals surface area contributed by atoms with Crippen LogP contribution in [0.5, 0.6) is 0 Å². The normalized spacial score (nSPS) is 13.8. The number of hydrogen-bond donors (Lipinski definition) is 1. The van der Waals surface area contributed by atoms with Crippen LogP contribution in [0.25, 0.3) is 0 Å². The van der Waals surface area contributed by atoms with E-state index in [4.69, 9.17) is 16.9 Å². The van der Waals surface area contributed by atoms with Gasteiger partial charge in [-0.25, -0.2) is 0 Å². The maximum absolute atomic E-state index is 8.53. The first-order chi connectivity index (χ1) is 9.33. The Kier molecular flexibility index (Phi) is 8.40. The number of nitriles is 1. The van der Waals surface area contributed by atoms with Gasteiger partial charge in [0.25, 0.3) is 0 Å². The van der Waals surface area contributed by atoms with E-state index in [0.717, 1.165) is 49.5 Å². The highest BCUT2D eigenvalue weighted by molar-refractivity contribution is 7.99. The standard InChI is InChI=1S/C15H19ClN2S.ClH/c16-14-5-4-12-6-9-18-10-7-13(12)15(14)19-11-3-1-2-8-17;/h4-5,18H,1-3,6-7,9-11H2;1H. The number of halogens is 2. The Bertz CT molecular complexity index is 472. The lowest BCUT2D eigenvalue weighted by molar-refractivity contribution is 0.709. The quantitative estimate of drug-likeness (QED) is 0.648. The van der Waals surface area contributed by atoms with Crippen LogP contribution in [0.3, 0.4) is 0 Å². The van der Waals surface area contributed by atoms with Crippen molar-refractivity contribution in [2.45, 2.75) is 37.0 Å². The summed E-state index contributed by atoms with van der Waals surface area (Å²) in [4.78, 5) is 1.26. The molecule has 0 bridgehead atoms. The zero-order valence-corrected chi connectivity index (χ0v) is 13.8. The van der Waals surface area contributed by atoms with Crippen LogP contribution in [0.2, 0.25) is 5.02 Å². The maximum Gasteiger partial charge on any atom is 0.0621 e. The van der Waals surface area contributed by atoms with Gasteiger partial charge >= 0.3 is 0 Å². The van der Waals surface area contributed by atoms with Crippen molar-refractivity contribution >= 4 is 35.8 Å². The minimum atomic E-state index is 0. The van der Waals surface area contributed by atoms with E-state index in [1.54, 1.807) is 0 Å². The fourth-order valence-corrected chi connectivity index (χ4v) is 3.85. The third-order valence-electron chi connectivity index (χ3n) is 3.36. The molecule has 0 spiro atoms. The average molecular weight is 331 g/mol. The molecule has 0 saturated carbocycles. The lowest BCUT2D eigenvalue weighted by atomic mass is 10.0. The number of thioether (sulfide) groups is 1. The van der Waals surface area contributed by atoms with Crippen molar-refractivity contribution in [1.29, 1.82) is 5.26 Å². The summed E-state index contributed by atoms with van der Waals surface area (Å²) in [6, 6.07) is 6.39. The Labute approximate surface area is 136 Å². The summed E-state index contributed by atoms with van der Waals surface area (Å²) in [6.45, 7) is 2.09. The zero-order valence-electron chi connectivity index (χ0n) is 11.5.